The Morgan fingerprint density at radius 2 is 1.45 bits per heavy atom. The minimum atomic E-state index is -4.34. The van der Waals surface area contributed by atoms with Gasteiger partial charge in [0.15, 0.2) is 0 Å². The van der Waals surface area contributed by atoms with E-state index >= 15 is 0 Å². The highest BCUT2D eigenvalue weighted by atomic mass is 32.2. The SMILES string of the molecule is CC(=O)OC(CN(CC(C)C)S(=O)(=O)c1ccc(OCc2ccccc2)c(NS(C)(=O)=O)c1)C(Cc1ccccc1)NC(=O)OC(C)(C)C. The third-order valence-corrected chi connectivity index (χ3v) is 9.26. The third kappa shape index (κ3) is 13.4. The molecule has 14 heteroatoms. The summed E-state index contributed by atoms with van der Waals surface area (Å²) in [5.41, 5.74) is 0.754. The van der Waals surface area contributed by atoms with Crippen LogP contribution in [0.2, 0.25) is 0 Å². The molecule has 49 heavy (non-hydrogen) atoms. The van der Waals surface area contributed by atoms with Crippen LogP contribution in [0, 0.1) is 5.92 Å². The summed E-state index contributed by atoms with van der Waals surface area (Å²) in [4.78, 5) is 25.2. The van der Waals surface area contributed by atoms with E-state index in [4.69, 9.17) is 14.2 Å². The number of esters is 1. The zero-order valence-corrected chi connectivity index (χ0v) is 30.6. The zero-order chi connectivity index (χ0) is 36.4. The van der Waals surface area contributed by atoms with Gasteiger partial charge in [-0.3, -0.25) is 9.52 Å². The molecule has 0 aliphatic carbocycles. The second kappa shape index (κ2) is 17.0. The van der Waals surface area contributed by atoms with Crippen molar-refractivity contribution in [3.8, 4) is 5.75 Å². The number of alkyl carbamates (subject to hydrolysis) is 1. The monoisotopic (exact) mass is 717 g/mol. The second-order valence-electron chi connectivity index (χ2n) is 13.1. The summed E-state index contributed by atoms with van der Waals surface area (Å²) in [5, 5.41) is 2.79. The van der Waals surface area contributed by atoms with Crippen molar-refractivity contribution in [1.82, 2.24) is 9.62 Å². The first-order chi connectivity index (χ1) is 22.8. The topological polar surface area (TPSA) is 157 Å². The first-order valence-corrected chi connectivity index (χ1v) is 19.1. The highest BCUT2D eigenvalue weighted by Crippen LogP contribution is 2.31. The summed E-state index contributed by atoms with van der Waals surface area (Å²) >= 11 is 0. The number of anilines is 1. The van der Waals surface area contributed by atoms with Gasteiger partial charge in [0.2, 0.25) is 20.0 Å². The van der Waals surface area contributed by atoms with Gasteiger partial charge in [-0.25, -0.2) is 21.6 Å². The van der Waals surface area contributed by atoms with Crippen LogP contribution in [0.3, 0.4) is 0 Å². The smallest absolute Gasteiger partial charge is 0.408 e. The molecule has 0 saturated carbocycles. The van der Waals surface area contributed by atoms with E-state index in [2.05, 4.69) is 10.0 Å². The predicted octanol–water partition coefficient (Wildman–Crippen LogP) is 5.35. The van der Waals surface area contributed by atoms with Gasteiger partial charge in [0.1, 0.15) is 24.1 Å². The zero-order valence-electron chi connectivity index (χ0n) is 29.0. The number of benzene rings is 3. The van der Waals surface area contributed by atoms with Crippen molar-refractivity contribution >= 4 is 37.8 Å². The fraction of sp³-hybridized carbons (Fsp3) is 0.429. The van der Waals surface area contributed by atoms with Crippen LogP contribution >= 0.6 is 0 Å². The van der Waals surface area contributed by atoms with E-state index in [0.29, 0.717) is 0 Å². The average molecular weight is 718 g/mol. The van der Waals surface area contributed by atoms with Crippen LogP contribution in [0.1, 0.15) is 52.7 Å². The lowest BCUT2D eigenvalue weighted by atomic mass is 10.0. The molecule has 3 aromatic carbocycles. The van der Waals surface area contributed by atoms with Crippen LogP contribution < -0.4 is 14.8 Å². The Kier molecular flexibility index (Phi) is 13.6. The Morgan fingerprint density at radius 3 is 1.98 bits per heavy atom. The number of sulfonamides is 2. The van der Waals surface area contributed by atoms with Crippen molar-refractivity contribution < 1.29 is 40.6 Å². The molecule has 3 aromatic rings. The summed E-state index contributed by atoms with van der Waals surface area (Å²) in [6.45, 7) is 9.82. The van der Waals surface area contributed by atoms with Crippen LogP contribution in [0.15, 0.2) is 83.8 Å². The minimum absolute atomic E-state index is 0.0195. The number of ether oxygens (including phenoxy) is 3. The fourth-order valence-corrected chi connectivity index (χ4v) is 7.10. The van der Waals surface area contributed by atoms with Gasteiger partial charge in [-0.2, -0.15) is 4.31 Å². The number of carbonyl (C=O) groups excluding carboxylic acids is 2. The normalized spacial score (nSPS) is 13.4. The van der Waals surface area contributed by atoms with E-state index in [1.807, 2.05) is 74.5 Å². The number of hydrogen-bond donors (Lipinski definition) is 2. The summed E-state index contributed by atoms with van der Waals surface area (Å²) in [5.74, 6) is -0.706. The molecule has 0 saturated heterocycles. The lowest BCUT2D eigenvalue weighted by Gasteiger charge is -2.33. The standard InChI is InChI=1S/C35H47N3O9S2/c1-25(2)22-38(23-33(46-26(3)39)30(20-27-14-10-8-11-15-27)36-34(40)47-35(4,5)6)49(43,44)29-18-19-32(31(21-29)37-48(7,41)42)45-24-28-16-12-9-13-17-28/h8-19,21,25,30,33,37H,20,22-24H2,1-7H3,(H,36,40). The lowest BCUT2D eigenvalue weighted by Crippen LogP contribution is -2.53. The van der Waals surface area contributed by atoms with E-state index in [-0.39, 0.29) is 48.4 Å². The maximum Gasteiger partial charge on any atom is 0.408 e. The number of nitrogens with zero attached hydrogens (tertiary/aromatic N) is 1. The number of amides is 1. The Balaban J connectivity index is 2.04. The van der Waals surface area contributed by atoms with E-state index in [1.165, 1.54) is 29.4 Å². The molecule has 0 aliphatic heterocycles. The molecule has 0 spiro atoms. The summed E-state index contributed by atoms with van der Waals surface area (Å²) in [7, 11) is -8.18. The molecular weight excluding hydrogens is 671 g/mol. The molecule has 0 radical (unpaired) electrons. The molecule has 268 valence electrons. The van der Waals surface area contributed by atoms with E-state index < -0.39 is 49.9 Å². The molecule has 0 heterocycles. The molecule has 0 fully saturated rings. The molecule has 12 nitrogen and oxygen atoms in total. The second-order valence-corrected chi connectivity index (χ2v) is 16.8. The average Bonchev–Trinajstić information content (AvgIpc) is 2.98. The summed E-state index contributed by atoms with van der Waals surface area (Å²) in [6.07, 6.45) is -0.745. The number of nitrogens with one attached hydrogen (secondary N) is 2. The number of carbonyl (C=O) groups is 2. The number of hydrogen-bond acceptors (Lipinski definition) is 9. The van der Waals surface area contributed by atoms with Crippen LogP contribution in [-0.4, -0.2) is 70.3 Å². The Morgan fingerprint density at radius 1 is 0.857 bits per heavy atom. The summed E-state index contributed by atoms with van der Waals surface area (Å²) in [6, 6.07) is 21.4. The molecular formula is C35H47N3O9S2. The molecule has 0 bridgehead atoms. The van der Waals surface area contributed by atoms with E-state index in [1.54, 1.807) is 20.8 Å². The molecule has 1 amide bonds. The Labute approximate surface area is 290 Å². The highest BCUT2D eigenvalue weighted by molar-refractivity contribution is 7.92. The Hall–Kier alpha value is -4.14. The largest absolute Gasteiger partial charge is 0.487 e. The van der Waals surface area contributed by atoms with Crippen LogP contribution in [0.5, 0.6) is 5.75 Å². The van der Waals surface area contributed by atoms with Gasteiger partial charge in [0, 0.05) is 13.5 Å². The van der Waals surface area contributed by atoms with Gasteiger partial charge in [-0.05, 0) is 62.4 Å². The molecule has 2 N–H and O–H groups in total. The maximum absolute atomic E-state index is 14.3. The lowest BCUT2D eigenvalue weighted by molar-refractivity contribution is -0.148. The van der Waals surface area contributed by atoms with E-state index in [9.17, 15) is 26.4 Å². The van der Waals surface area contributed by atoms with Gasteiger partial charge in [0.05, 0.1) is 29.4 Å². The molecule has 2 unspecified atom stereocenters. The molecule has 0 aromatic heterocycles. The van der Waals surface area contributed by atoms with E-state index in [0.717, 1.165) is 17.4 Å². The van der Waals surface area contributed by atoms with Gasteiger partial charge in [-0.1, -0.05) is 74.5 Å². The first kappa shape index (κ1) is 39.3. The molecule has 3 rings (SSSR count). The van der Waals surface area contributed by atoms with Gasteiger partial charge >= 0.3 is 12.1 Å². The van der Waals surface area contributed by atoms with Crippen molar-refractivity contribution in [2.24, 2.45) is 5.92 Å². The van der Waals surface area contributed by atoms with Crippen LogP contribution in [0.25, 0.3) is 0 Å². The van der Waals surface area contributed by atoms with Crippen molar-refractivity contribution in [1.29, 1.82) is 0 Å². The highest BCUT2D eigenvalue weighted by Gasteiger charge is 2.35. The van der Waals surface area contributed by atoms with Crippen molar-refractivity contribution in [3.63, 3.8) is 0 Å². The quantitative estimate of drug-likeness (QED) is 0.186. The van der Waals surface area contributed by atoms with Gasteiger partial charge in [0.25, 0.3) is 0 Å². The predicted molar refractivity (Wildman–Crippen MR) is 188 cm³/mol. The van der Waals surface area contributed by atoms with Crippen molar-refractivity contribution in [2.45, 2.75) is 77.2 Å². The molecule has 2 atom stereocenters. The minimum Gasteiger partial charge on any atom is -0.487 e. The van der Waals surface area contributed by atoms with Crippen LogP contribution in [0.4, 0.5) is 10.5 Å². The fourth-order valence-electron chi connectivity index (χ4n) is 4.90. The van der Waals surface area contributed by atoms with Crippen molar-refractivity contribution in [2.75, 3.05) is 24.1 Å². The maximum atomic E-state index is 14.3. The van der Waals surface area contributed by atoms with Gasteiger partial charge < -0.3 is 19.5 Å². The number of rotatable bonds is 16. The molecule has 0 aliphatic rings. The first-order valence-electron chi connectivity index (χ1n) is 15.8. The summed E-state index contributed by atoms with van der Waals surface area (Å²) < 4.78 is 73.9. The van der Waals surface area contributed by atoms with Gasteiger partial charge in [-0.15, -0.1) is 0 Å². The van der Waals surface area contributed by atoms with Crippen LogP contribution in [-0.2, 0) is 47.3 Å². The third-order valence-electron chi connectivity index (χ3n) is 6.84. The van der Waals surface area contributed by atoms with Crippen molar-refractivity contribution in [3.05, 3.63) is 90.0 Å². The Bertz CT molecular complexity index is 1760.